The summed E-state index contributed by atoms with van der Waals surface area (Å²) in [6, 6.07) is 1.31. The maximum atomic E-state index is 5.98. The van der Waals surface area contributed by atoms with Crippen molar-refractivity contribution in [1.29, 1.82) is 0 Å². The van der Waals surface area contributed by atoms with E-state index in [-0.39, 0.29) is 0 Å². The van der Waals surface area contributed by atoms with Crippen molar-refractivity contribution in [3.05, 3.63) is 11.8 Å². The van der Waals surface area contributed by atoms with E-state index in [1.807, 2.05) is 13.2 Å². The minimum Gasteiger partial charge on any atom is -0.384 e. The number of nitrogens with zero attached hydrogens (tertiary/aromatic N) is 3. The summed E-state index contributed by atoms with van der Waals surface area (Å²) >= 11 is 0. The predicted molar refractivity (Wildman–Crippen MR) is 65.9 cm³/mol. The Morgan fingerprint density at radius 3 is 2.50 bits per heavy atom. The molecule has 16 heavy (non-hydrogen) atoms. The second-order valence-electron chi connectivity index (χ2n) is 4.98. The zero-order valence-corrected chi connectivity index (χ0v) is 10.5. The lowest BCUT2D eigenvalue weighted by atomic mass is 9.97. The summed E-state index contributed by atoms with van der Waals surface area (Å²) in [5.41, 5.74) is 7.14. The first-order valence-electron chi connectivity index (χ1n) is 6.11. The Balaban J connectivity index is 2.10. The molecule has 1 fully saturated rings. The third-order valence-electron chi connectivity index (χ3n) is 3.79. The minimum absolute atomic E-state index is 0.656. The van der Waals surface area contributed by atoms with E-state index in [2.05, 4.69) is 23.8 Å². The van der Waals surface area contributed by atoms with E-state index in [0.29, 0.717) is 12.1 Å². The molecule has 0 amide bonds. The number of hydrogen-bond donors (Lipinski definition) is 1. The fourth-order valence-electron chi connectivity index (χ4n) is 2.60. The smallest absolute Gasteiger partial charge is 0.125 e. The Kier molecular flexibility index (Phi) is 3.19. The Labute approximate surface area is 97.4 Å². The van der Waals surface area contributed by atoms with E-state index < -0.39 is 0 Å². The van der Waals surface area contributed by atoms with Gasteiger partial charge < -0.3 is 5.73 Å². The van der Waals surface area contributed by atoms with Gasteiger partial charge in [-0.05, 0) is 26.7 Å². The van der Waals surface area contributed by atoms with Gasteiger partial charge in [0, 0.05) is 31.2 Å². The van der Waals surface area contributed by atoms with Crippen LogP contribution in [0.25, 0.3) is 0 Å². The zero-order valence-electron chi connectivity index (χ0n) is 10.5. The van der Waals surface area contributed by atoms with E-state index in [9.17, 15) is 0 Å². The summed E-state index contributed by atoms with van der Waals surface area (Å²) in [6.45, 7) is 5.55. The van der Waals surface area contributed by atoms with Crippen LogP contribution in [-0.4, -0.2) is 26.8 Å². The SMILES string of the molecule is CC1CCCC(C)N1Cc1cnn(C)c1N. The van der Waals surface area contributed by atoms with Crippen molar-refractivity contribution >= 4 is 5.82 Å². The van der Waals surface area contributed by atoms with E-state index in [1.165, 1.54) is 19.3 Å². The molecule has 1 aromatic rings. The van der Waals surface area contributed by atoms with E-state index in [1.54, 1.807) is 4.68 Å². The quantitative estimate of drug-likeness (QED) is 0.829. The monoisotopic (exact) mass is 222 g/mol. The van der Waals surface area contributed by atoms with Crippen molar-refractivity contribution in [2.45, 2.75) is 51.7 Å². The average Bonchev–Trinajstić information content (AvgIpc) is 2.55. The normalized spacial score (nSPS) is 27.2. The molecular weight excluding hydrogens is 200 g/mol. The van der Waals surface area contributed by atoms with Gasteiger partial charge in [0.1, 0.15) is 5.82 Å². The Morgan fingerprint density at radius 1 is 1.38 bits per heavy atom. The molecule has 0 spiro atoms. The molecule has 2 rings (SSSR count). The lowest BCUT2D eigenvalue weighted by molar-refractivity contribution is 0.0955. The van der Waals surface area contributed by atoms with Crippen LogP contribution in [0.5, 0.6) is 0 Å². The highest BCUT2D eigenvalue weighted by atomic mass is 15.3. The Hall–Kier alpha value is -1.03. The summed E-state index contributed by atoms with van der Waals surface area (Å²) in [4.78, 5) is 2.54. The molecule has 4 heteroatoms. The molecule has 0 aromatic carbocycles. The largest absolute Gasteiger partial charge is 0.384 e. The van der Waals surface area contributed by atoms with Gasteiger partial charge in [0.25, 0.3) is 0 Å². The van der Waals surface area contributed by atoms with Crippen molar-refractivity contribution in [2.75, 3.05) is 5.73 Å². The van der Waals surface area contributed by atoms with E-state index in [4.69, 9.17) is 5.73 Å². The van der Waals surface area contributed by atoms with E-state index >= 15 is 0 Å². The van der Waals surface area contributed by atoms with Gasteiger partial charge in [-0.25, -0.2) is 0 Å². The first kappa shape index (κ1) is 11.5. The molecule has 0 radical (unpaired) electrons. The summed E-state index contributed by atoms with van der Waals surface area (Å²) in [5, 5.41) is 4.20. The third kappa shape index (κ3) is 2.07. The maximum Gasteiger partial charge on any atom is 0.125 e. The van der Waals surface area contributed by atoms with Gasteiger partial charge >= 0.3 is 0 Å². The first-order chi connectivity index (χ1) is 7.59. The van der Waals surface area contributed by atoms with Crippen LogP contribution >= 0.6 is 0 Å². The molecule has 0 aliphatic carbocycles. The third-order valence-corrected chi connectivity index (χ3v) is 3.79. The van der Waals surface area contributed by atoms with Gasteiger partial charge in [-0.3, -0.25) is 9.58 Å². The predicted octanol–water partition coefficient (Wildman–Crippen LogP) is 1.77. The van der Waals surface area contributed by atoms with Gasteiger partial charge in [-0.15, -0.1) is 0 Å². The van der Waals surface area contributed by atoms with Crippen LogP contribution in [0.3, 0.4) is 0 Å². The minimum atomic E-state index is 0.656. The van der Waals surface area contributed by atoms with Gasteiger partial charge in [0.15, 0.2) is 0 Å². The van der Waals surface area contributed by atoms with Crippen LogP contribution in [0.1, 0.15) is 38.7 Å². The number of nitrogens with two attached hydrogens (primary N) is 1. The second kappa shape index (κ2) is 4.45. The molecule has 2 N–H and O–H groups in total. The van der Waals surface area contributed by atoms with Crippen LogP contribution in [0.4, 0.5) is 5.82 Å². The summed E-state index contributed by atoms with van der Waals surface area (Å²) in [6.07, 6.45) is 5.83. The molecule has 90 valence electrons. The van der Waals surface area contributed by atoms with Crippen LogP contribution in [0.2, 0.25) is 0 Å². The number of piperidine rings is 1. The zero-order chi connectivity index (χ0) is 11.7. The maximum absolute atomic E-state index is 5.98. The first-order valence-corrected chi connectivity index (χ1v) is 6.11. The topological polar surface area (TPSA) is 47.1 Å². The van der Waals surface area contributed by atoms with Crippen LogP contribution in [-0.2, 0) is 13.6 Å². The standard InChI is InChI=1S/C12H22N4/c1-9-5-4-6-10(2)16(9)8-11-7-14-15(3)12(11)13/h7,9-10H,4-6,8,13H2,1-3H3. The number of anilines is 1. The molecule has 2 unspecified atom stereocenters. The van der Waals surface area contributed by atoms with E-state index in [0.717, 1.165) is 17.9 Å². The molecule has 0 saturated carbocycles. The fraction of sp³-hybridized carbons (Fsp3) is 0.750. The molecule has 1 aliphatic rings. The molecule has 4 nitrogen and oxygen atoms in total. The average molecular weight is 222 g/mol. The lowest BCUT2D eigenvalue weighted by Gasteiger charge is -2.38. The van der Waals surface area contributed by atoms with Crippen molar-refractivity contribution < 1.29 is 0 Å². The van der Waals surface area contributed by atoms with Crippen LogP contribution in [0.15, 0.2) is 6.20 Å². The number of nitrogen functional groups attached to an aromatic ring is 1. The highest BCUT2D eigenvalue weighted by Crippen LogP contribution is 2.25. The molecular formula is C12H22N4. The van der Waals surface area contributed by atoms with Crippen LogP contribution in [0, 0.1) is 0 Å². The fourth-order valence-corrected chi connectivity index (χ4v) is 2.60. The summed E-state index contributed by atoms with van der Waals surface area (Å²) in [7, 11) is 1.89. The van der Waals surface area contributed by atoms with Gasteiger partial charge in [-0.2, -0.15) is 5.10 Å². The lowest BCUT2D eigenvalue weighted by Crippen LogP contribution is -2.43. The van der Waals surface area contributed by atoms with Gasteiger partial charge in [0.2, 0.25) is 0 Å². The summed E-state index contributed by atoms with van der Waals surface area (Å²) < 4.78 is 1.74. The molecule has 2 heterocycles. The van der Waals surface area contributed by atoms with Crippen molar-refractivity contribution in [1.82, 2.24) is 14.7 Å². The van der Waals surface area contributed by atoms with Crippen molar-refractivity contribution in [3.63, 3.8) is 0 Å². The van der Waals surface area contributed by atoms with Crippen LogP contribution < -0.4 is 5.73 Å². The Morgan fingerprint density at radius 2 is 2.00 bits per heavy atom. The second-order valence-corrected chi connectivity index (χ2v) is 4.98. The highest BCUT2D eigenvalue weighted by molar-refractivity contribution is 5.38. The van der Waals surface area contributed by atoms with Gasteiger partial charge in [0.05, 0.1) is 6.20 Å². The Bertz CT molecular complexity index is 348. The summed E-state index contributed by atoms with van der Waals surface area (Å²) in [5.74, 6) is 0.796. The molecule has 1 aliphatic heterocycles. The van der Waals surface area contributed by atoms with Crippen molar-refractivity contribution in [2.24, 2.45) is 7.05 Å². The van der Waals surface area contributed by atoms with Gasteiger partial charge in [-0.1, -0.05) is 6.42 Å². The molecule has 1 aromatic heterocycles. The van der Waals surface area contributed by atoms with Crippen molar-refractivity contribution in [3.8, 4) is 0 Å². The molecule has 2 atom stereocenters. The molecule has 0 bridgehead atoms. The number of aryl methyl sites for hydroxylation is 1. The molecule has 1 saturated heterocycles. The number of aromatic nitrogens is 2. The number of likely N-dealkylation sites (tertiary alicyclic amines) is 1. The number of rotatable bonds is 2. The number of hydrogen-bond acceptors (Lipinski definition) is 3. The highest BCUT2D eigenvalue weighted by Gasteiger charge is 2.25.